The highest BCUT2D eigenvalue weighted by molar-refractivity contribution is 8.18. The maximum Gasteiger partial charge on any atom is 0.290 e. The van der Waals surface area contributed by atoms with Crippen LogP contribution >= 0.6 is 23.4 Å². The van der Waals surface area contributed by atoms with Gasteiger partial charge in [0.2, 0.25) is 0 Å². The minimum atomic E-state index is -0.400. The Labute approximate surface area is 161 Å². The first-order chi connectivity index (χ1) is 12.6. The van der Waals surface area contributed by atoms with Crippen molar-refractivity contribution in [3.05, 3.63) is 69.6 Å². The van der Waals surface area contributed by atoms with E-state index in [2.05, 4.69) is 17.4 Å². The second kappa shape index (κ2) is 8.92. The molecule has 0 saturated carbocycles. The summed E-state index contributed by atoms with van der Waals surface area (Å²) in [4.78, 5) is 23.2. The summed E-state index contributed by atoms with van der Waals surface area (Å²) >= 11 is 7.25. The Morgan fingerprint density at radius 1 is 1.04 bits per heavy atom. The second-order valence-electron chi connectivity index (χ2n) is 5.80. The van der Waals surface area contributed by atoms with Gasteiger partial charge in [-0.1, -0.05) is 54.1 Å². The minimum absolute atomic E-state index is 0.330. The number of amides is 2. The van der Waals surface area contributed by atoms with Crippen LogP contribution in [0.25, 0.3) is 6.08 Å². The maximum absolute atomic E-state index is 11.7. The van der Waals surface area contributed by atoms with E-state index < -0.39 is 5.91 Å². The Hall–Kier alpha value is -2.24. The molecule has 1 N–H and O–H groups in total. The molecule has 0 unspecified atom stereocenters. The van der Waals surface area contributed by atoms with Crippen LogP contribution < -0.4 is 10.1 Å². The number of nitrogens with one attached hydrogen (secondary N) is 1. The van der Waals surface area contributed by atoms with Crippen molar-refractivity contribution in [1.29, 1.82) is 0 Å². The van der Waals surface area contributed by atoms with Crippen molar-refractivity contribution in [1.82, 2.24) is 5.32 Å². The van der Waals surface area contributed by atoms with Gasteiger partial charge in [-0.3, -0.25) is 14.9 Å². The molecule has 3 rings (SSSR count). The summed E-state index contributed by atoms with van der Waals surface area (Å²) < 4.78 is 5.79. The zero-order valence-electron chi connectivity index (χ0n) is 14.0. The van der Waals surface area contributed by atoms with Gasteiger partial charge in [0.05, 0.1) is 16.5 Å². The molecule has 2 aromatic rings. The summed E-state index contributed by atoms with van der Waals surface area (Å²) in [5.41, 5.74) is 1.97. The lowest BCUT2D eigenvalue weighted by atomic mass is 10.1. The zero-order chi connectivity index (χ0) is 18.4. The summed E-state index contributed by atoms with van der Waals surface area (Å²) in [6.07, 6.45) is 4.58. The SMILES string of the molecule is O=C1NC(=O)/C(=C/c2cccc(OCCCCc3ccccc3)c2Cl)S1. The number of ether oxygens (including phenoxy) is 1. The molecule has 6 heteroatoms. The molecule has 0 bridgehead atoms. The normalized spacial score (nSPS) is 15.3. The number of benzene rings is 2. The van der Waals surface area contributed by atoms with Gasteiger partial charge >= 0.3 is 0 Å². The lowest BCUT2D eigenvalue weighted by molar-refractivity contribution is -0.115. The van der Waals surface area contributed by atoms with Crippen LogP contribution in [0.5, 0.6) is 5.75 Å². The molecule has 0 aromatic heterocycles. The molecule has 26 heavy (non-hydrogen) atoms. The minimum Gasteiger partial charge on any atom is -0.492 e. The highest BCUT2D eigenvalue weighted by Crippen LogP contribution is 2.33. The third kappa shape index (κ3) is 4.90. The molecule has 0 atom stereocenters. The number of thioether (sulfide) groups is 1. The third-order valence-electron chi connectivity index (χ3n) is 3.88. The monoisotopic (exact) mass is 387 g/mol. The zero-order valence-corrected chi connectivity index (χ0v) is 15.6. The molecule has 1 fully saturated rings. The van der Waals surface area contributed by atoms with E-state index in [0.29, 0.717) is 27.8 Å². The predicted molar refractivity (Wildman–Crippen MR) is 105 cm³/mol. The van der Waals surface area contributed by atoms with Crippen molar-refractivity contribution in [2.45, 2.75) is 19.3 Å². The van der Waals surface area contributed by atoms with Crippen LogP contribution in [0.2, 0.25) is 5.02 Å². The van der Waals surface area contributed by atoms with Crippen LogP contribution in [-0.4, -0.2) is 17.8 Å². The summed E-state index contributed by atoms with van der Waals surface area (Å²) in [5, 5.41) is 2.29. The van der Waals surface area contributed by atoms with Crippen LogP contribution in [0.15, 0.2) is 53.4 Å². The van der Waals surface area contributed by atoms with Crippen molar-refractivity contribution >= 4 is 40.6 Å². The molecule has 0 radical (unpaired) electrons. The maximum atomic E-state index is 11.7. The number of carbonyl (C=O) groups excluding carboxylic acids is 2. The lowest BCUT2D eigenvalue weighted by Crippen LogP contribution is -2.17. The van der Waals surface area contributed by atoms with Crippen LogP contribution in [0, 0.1) is 0 Å². The van der Waals surface area contributed by atoms with Crippen molar-refractivity contribution < 1.29 is 14.3 Å². The predicted octanol–water partition coefficient (Wildman–Crippen LogP) is 5.07. The number of hydrogen-bond donors (Lipinski definition) is 1. The fourth-order valence-corrected chi connectivity index (χ4v) is 3.48. The van der Waals surface area contributed by atoms with E-state index in [9.17, 15) is 9.59 Å². The first kappa shape index (κ1) is 18.5. The van der Waals surface area contributed by atoms with Crippen molar-refractivity contribution in [3.8, 4) is 5.75 Å². The summed E-state index contributed by atoms with van der Waals surface area (Å²) in [7, 11) is 0. The van der Waals surface area contributed by atoms with E-state index in [1.165, 1.54) is 5.56 Å². The molecule has 1 saturated heterocycles. The molecule has 2 aromatic carbocycles. The number of rotatable bonds is 7. The van der Waals surface area contributed by atoms with E-state index in [4.69, 9.17) is 16.3 Å². The molecule has 1 aliphatic rings. The smallest absolute Gasteiger partial charge is 0.290 e. The summed E-state index contributed by atoms with van der Waals surface area (Å²) in [6, 6.07) is 15.7. The first-order valence-corrected chi connectivity index (χ1v) is 9.53. The number of unbranched alkanes of at least 4 members (excludes halogenated alkanes) is 1. The van der Waals surface area contributed by atoms with Crippen LogP contribution in [0.3, 0.4) is 0 Å². The molecule has 4 nitrogen and oxygen atoms in total. The average Bonchev–Trinajstić information content (AvgIpc) is 2.95. The van der Waals surface area contributed by atoms with Crippen molar-refractivity contribution in [3.63, 3.8) is 0 Å². The molecule has 0 aliphatic carbocycles. The van der Waals surface area contributed by atoms with Gasteiger partial charge in [0.25, 0.3) is 11.1 Å². The van der Waals surface area contributed by atoms with Gasteiger partial charge in [-0.05, 0) is 54.3 Å². The van der Waals surface area contributed by atoms with E-state index in [1.807, 2.05) is 24.3 Å². The Bertz CT molecular complexity index is 836. The average molecular weight is 388 g/mol. The highest BCUT2D eigenvalue weighted by atomic mass is 35.5. The fourth-order valence-electron chi connectivity index (χ4n) is 2.57. The molecular weight excluding hydrogens is 370 g/mol. The number of imide groups is 1. The van der Waals surface area contributed by atoms with Gasteiger partial charge < -0.3 is 4.74 Å². The molecule has 134 valence electrons. The molecule has 1 aliphatic heterocycles. The standard InChI is InChI=1S/C20H18ClNO3S/c21-18-15(13-17-19(23)22-20(24)26-17)10-6-11-16(18)25-12-5-4-9-14-7-2-1-3-8-14/h1-3,6-8,10-11,13H,4-5,9,12H2,(H,22,23,24)/b17-13-. The third-order valence-corrected chi connectivity index (χ3v) is 5.10. The van der Waals surface area contributed by atoms with E-state index in [-0.39, 0.29) is 5.24 Å². The van der Waals surface area contributed by atoms with Gasteiger partial charge in [0.1, 0.15) is 5.75 Å². The van der Waals surface area contributed by atoms with Gasteiger partial charge in [-0.2, -0.15) is 0 Å². The number of aryl methyl sites for hydroxylation is 1. The van der Waals surface area contributed by atoms with Gasteiger partial charge in [-0.25, -0.2) is 0 Å². The number of carbonyl (C=O) groups is 2. The van der Waals surface area contributed by atoms with Crippen molar-refractivity contribution in [2.24, 2.45) is 0 Å². The van der Waals surface area contributed by atoms with Crippen molar-refractivity contribution in [2.75, 3.05) is 6.61 Å². The lowest BCUT2D eigenvalue weighted by Gasteiger charge is -2.10. The first-order valence-electron chi connectivity index (χ1n) is 8.33. The largest absolute Gasteiger partial charge is 0.492 e. The second-order valence-corrected chi connectivity index (χ2v) is 7.20. The fraction of sp³-hybridized carbons (Fsp3) is 0.200. The Balaban J connectivity index is 1.55. The molecular formula is C20H18ClNO3S. The van der Waals surface area contributed by atoms with E-state index in [0.717, 1.165) is 31.0 Å². The van der Waals surface area contributed by atoms with Gasteiger partial charge in [0.15, 0.2) is 0 Å². The summed E-state index contributed by atoms with van der Waals surface area (Å²) in [6.45, 7) is 0.570. The molecule has 0 spiro atoms. The number of hydrogen-bond acceptors (Lipinski definition) is 4. The van der Waals surface area contributed by atoms with E-state index >= 15 is 0 Å². The van der Waals surface area contributed by atoms with Gasteiger partial charge in [-0.15, -0.1) is 0 Å². The Morgan fingerprint density at radius 3 is 2.58 bits per heavy atom. The molecule has 1 heterocycles. The van der Waals surface area contributed by atoms with Crippen LogP contribution in [-0.2, 0) is 11.2 Å². The van der Waals surface area contributed by atoms with Crippen LogP contribution in [0.1, 0.15) is 24.0 Å². The Morgan fingerprint density at radius 2 is 1.85 bits per heavy atom. The molecule has 2 amide bonds. The quantitative estimate of drug-likeness (QED) is 0.532. The highest BCUT2D eigenvalue weighted by Gasteiger charge is 2.25. The summed E-state index contributed by atoms with van der Waals surface area (Å²) in [5.74, 6) is 0.179. The van der Waals surface area contributed by atoms with E-state index in [1.54, 1.807) is 18.2 Å². The number of halogens is 1. The van der Waals surface area contributed by atoms with Crippen LogP contribution in [0.4, 0.5) is 4.79 Å². The topological polar surface area (TPSA) is 55.4 Å². The Kier molecular flexibility index (Phi) is 6.36. The van der Waals surface area contributed by atoms with Gasteiger partial charge in [0, 0.05) is 0 Å².